The molecule has 0 spiro atoms. The molecule has 1 aliphatic rings. The molecule has 1 aliphatic heterocycles. The van der Waals surface area contributed by atoms with Gasteiger partial charge in [-0.1, -0.05) is 0 Å². The number of rotatable bonds is 11. The number of benzene rings is 2. The summed E-state index contributed by atoms with van der Waals surface area (Å²) in [6.07, 6.45) is -4.04. The summed E-state index contributed by atoms with van der Waals surface area (Å²) in [4.78, 5) is 64.7. The third-order valence-corrected chi connectivity index (χ3v) is 7.93. The lowest BCUT2D eigenvalue weighted by atomic mass is 9.71. The van der Waals surface area contributed by atoms with Crippen LogP contribution < -0.4 is 10.3 Å². The van der Waals surface area contributed by atoms with Crippen molar-refractivity contribution in [2.24, 2.45) is 17.8 Å². The van der Waals surface area contributed by atoms with Crippen LogP contribution >= 0.6 is 22.6 Å². The lowest BCUT2D eigenvalue weighted by Crippen LogP contribution is -2.53. The van der Waals surface area contributed by atoms with Crippen molar-refractivity contribution in [2.75, 3.05) is 6.61 Å². The van der Waals surface area contributed by atoms with Gasteiger partial charge in [-0.05, 0) is 77.9 Å². The Hall–Kier alpha value is -4.05. The van der Waals surface area contributed by atoms with Gasteiger partial charge in [-0.25, -0.2) is 4.98 Å². The Labute approximate surface area is 258 Å². The van der Waals surface area contributed by atoms with E-state index in [2.05, 4.69) is 27.6 Å². The minimum absolute atomic E-state index is 0.218. The van der Waals surface area contributed by atoms with Crippen molar-refractivity contribution in [3.8, 4) is 11.4 Å². The standard InChI is InChI=1S/C29H29IN2O11/c1-14-31-23-8-3-16(30)9-22(23)28(40)32(14)17-4-6-18(7-5-17)42-29-21(12-27(38)39)19(10-25(34)35)20(11-26(36)37)24(43-29)13-41-15(2)33/h3-9,19-21,24,29H,10-13H2,1-2H3,(H,34,35)(H,36,37)(H,38,39)/t19-,20+,21+,24-,29-/m1/s1. The van der Waals surface area contributed by atoms with Gasteiger partial charge in [0, 0.05) is 28.8 Å². The average Bonchev–Trinajstić information content (AvgIpc) is 2.91. The van der Waals surface area contributed by atoms with E-state index in [-0.39, 0.29) is 17.9 Å². The van der Waals surface area contributed by atoms with Crippen LogP contribution in [0.1, 0.15) is 32.0 Å². The maximum atomic E-state index is 13.3. The number of aryl methyl sites for hydroxylation is 1. The Kier molecular flexibility index (Phi) is 10.0. The highest BCUT2D eigenvalue weighted by Gasteiger charge is 2.49. The van der Waals surface area contributed by atoms with Gasteiger partial charge in [0.2, 0.25) is 6.29 Å². The highest BCUT2D eigenvalue weighted by atomic mass is 127. The molecule has 0 radical (unpaired) electrons. The van der Waals surface area contributed by atoms with Gasteiger partial charge in [-0.3, -0.25) is 28.5 Å². The minimum Gasteiger partial charge on any atom is -0.481 e. The quantitative estimate of drug-likeness (QED) is 0.195. The monoisotopic (exact) mass is 708 g/mol. The largest absolute Gasteiger partial charge is 0.481 e. The van der Waals surface area contributed by atoms with Crippen LogP contribution in [-0.4, -0.2) is 67.7 Å². The summed E-state index contributed by atoms with van der Waals surface area (Å²) >= 11 is 2.12. The average molecular weight is 708 g/mol. The van der Waals surface area contributed by atoms with Gasteiger partial charge in [0.05, 0.1) is 35.5 Å². The number of carbonyl (C=O) groups is 4. The van der Waals surface area contributed by atoms with E-state index < -0.39 is 73.3 Å². The van der Waals surface area contributed by atoms with Gasteiger partial charge >= 0.3 is 23.9 Å². The first-order chi connectivity index (χ1) is 20.3. The summed E-state index contributed by atoms with van der Waals surface area (Å²) < 4.78 is 19.4. The number of fused-ring (bicyclic) bond motifs is 1. The number of aliphatic carboxylic acids is 3. The molecule has 14 heteroatoms. The molecule has 3 aromatic rings. The lowest BCUT2D eigenvalue weighted by Gasteiger charge is -2.45. The zero-order valence-corrected chi connectivity index (χ0v) is 25.3. The SMILES string of the molecule is CC(=O)OC[C@H]1O[C@@H](Oc2ccc(-n3c(C)nc4ccc(I)cc4c3=O)cc2)[C@@H](CC(=O)O)[C@H](CC(=O)O)[C@@H]1CC(=O)O. The summed E-state index contributed by atoms with van der Waals surface area (Å²) in [7, 11) is 0. The fourth-order valence-corrected chi connectivity index (χ4v) is 5.96. The van der Waals surface area contributed by atoms with E-state index in [1.807, 2.05) is 6.07 Å². The number of nitrogens with zero attached hydrogens (tertiary/aromatic N) is 2. The van der Waals surface area contributed by atoms with Gasteiger partial charge in [0.25, 0.3) is 5.56 Å². The minimum atomic E-state index is -1.31. The van der Waals surface area contributed by atoms with Crippen molar-refractivity contribution in [3.05, 3.63) is 62.2 Å². The molecule has 1 aromatic heterocycles. The van der Waals surface area contributed by atoms with Gasteiger partial charge in [0.15, 0.2) is 0 Å². The van der Waals surface area contributed by atoms with Crippen LogP contribution in [0.5, 0.6) is 5.75 Å². The van der Waals surface area contributed by atoms with Crippen LogP contribution in [-0.2, 0) is 28.7 Å². The highest BCUT2D eigenvalue weighted by molar-refractivity contribution is 14.1. The van der Waals surface area contributed by atoms with Gasteiger partial charge in [0.1, 0.15) is 18.2 Å². The fourth-order valence-electron chi connectivity index (χ4n) is 5.47. The molecule has 43 heavy (non-hydrogen) atoms. The smallest absolute Gasteiger partial charge is 0.303 e. The van der Waals surface area contributed by atoms with Crippen molar-refractivity contribution in [2.45, 2.75) is 45.5 Å². The summed E-state index contributed by atoms with van der Waals surface area (Å²) in [6.45, 7) is 2.48. The van der Waals surface area contributed by atoms with Gasteiger partial charge < -0.3 is 29.5 Å². The first-order valence-electron chi connectivity index (χ1n) is 13.2. The van der Waals surface area contributed by atoms with Crippen molar-refractivity contribution in [1.82, 2.24) is 9.55 Å². The van der Waals surface area contributed by atoms with E-state index >= 15 is 0 Å². The third kappa shape index (κ3) is 7.67. The van der Waals surface area contributed by atoms with E-state index in [0.29, 0.717) is 22.4 Å². The van der Waals surface area contributed by atoms with Crippen molar-refractivity contribution < 1.29 is 48.7 Å². The number of ether oxygens (including phenoxy) is 3. The third-order valence-electron chi connectivity index (χ3n) is 7.26. The molecule has 5 atom stereocenters. The molecule has 4 rings (SSSR count). The molecule has 1 saturated heterocycles. The molecular weight excluding hydrogens is 679 g/mol. The molecule has 228 valence electrons. The predicted octanol–water partition coefficient (Wildman–Crippen LogP) is 3.24. The number of carboxylic acids is 3. The second-order valence-corrected chi connectivity index (χ2v) is 11.4. The van der Waals surface area contributed by atoms with E-state index in [1.54, 1.807) is 31.2 Å². The summed E-state index contributed by atoms with van der Waals surface area (Å²) in [6, 6.07) is 11.7. The molecule has 0 aliphatic carbocycles. The Bertz CT molecular complexity index is 1600. The highest BCUT2D eigenvalue weighted by Crippen LogP contribution is 2.42. The second-order valence-electron chi connectivity index (χ2n) is 10.2. The van der Waals surface area contributed by atoms with Crippen LogP contribution in [0.2, 0.25) is 0 Å². The molecule has 2 aromatic carbocycles. The van der Waals surface area contributed by atoms with Crippen LogP contribution in [0.15, 0.2) is 47.3 Å². The number of hydrogen-bond donors (Lipinski definition) is 3. The maximum absolute atomic E-state index is 13.3. The molecule has 1 fully saturated rings. The zero-order valence-electron chi connectivity index (χ0n) is 23.1. The molecule has 0 amide bonds. The van der Waals surface area contributed by atoms with Gasteiger partial charge in [-0.2, -0.15) is 0 Å². The number of hydrogen-bond acceptors (Lipinski definition) is 9. The van der Waals surface area contributed by atoms with E-state index in [1.165, 1.54) is 16.7 Å². The van der Waals surface area contributed by atoms with Crippen molar-refractivity contribution >= 4 is 57.4 Å². The van der Waals surface area contributed by atoms with Crippen LogP contribution in [0.3, 0.4) is 0 Å². The zero-order chi connectivity index (χ0) is 31.4. The van der Waals surface area contributed by atoms with Crippen LogP contribution in [0, 0.1) is 28.2 Å². The molecular formula is C29H29IN2O11. The Balaban J connectivity index is 1.68. The summed E-state index contributed by atoms with van der Waals surface area (Å²) in [5.74, 6) is -6.76. The van der Waals surface area contributed by atoms with E-state index in [9.17, 15) is 39.3 Å². The van der Waals surface area contributed by atoms with E-state index in [4.69, 9.17) is 14.2 Å². The second kappa shape index (κ2) is 13.5. The predicted molar refractivity (Wildman–Crippen MR) is 158 cm³/mol. The first-order valence-corrected chi connectivity index (χ1v) is 14.3. The number of aromatic nitrogens is 2. The number of halogens is 1. The normalized spacial score (nSPS) is 21.7. The molecule has 13 nitrogen and oxygen atoms in total. The Morgan fingerprint density at radius 1 is 0.930 bits per heavy atom. The molecule has 0 saturated carbocycles. The number of esters is 1. The molecule has 0 unspecified atom stereocenters. The molecule has 2 heterocycles. The first kappa shape index (κ1) is 31.9. The molecule has 3 N–H and O–H groups in total. The number of carbonyl (C=O) groups excluding carboxylic acids is 1. The molecule has 0 bridgehead atoms. The van der Waals surface area contributed by atoms with Crippen molar-refractivity contribution in [1.29, 1.82) is 0 Å². The van der Waals surface area contributed by atoms with Crippen molar-refractivity contribution in [3.63, 3.8) is 0 Å². The van der Waals surface area contributed by atoms with Crippen LogP contribution in [0.25, 0.3) is 16.6 Å². The Morgan fingerprint density at radius 2 is 1.53 bits per heavy atom. The van der Waals surface area contributed by atoms with E-state index in [0.717, 1.165) is 10.5 Å². The summed E-state index contributed by atoms with van der Waals surface area (Å²) in [5, 5.41) is 29.2. The van der Waals surface area contributed by atoms with Crippen LogP contribution in [0.4, 0.5) is 0 Å². The number of carboxylic acid groups (broad SMARTS) is 3. The van der Waals surface area contributed by atoms with Gasteiger partial charge in [-0.15, -0.1) is 0 Å². The fraction of sp³-hybridized carbons (Fsp3) is 0.379. The maximum Gasteiger partial charge on any atom is 0.303 e. The topological polar surface area (TPSA) is 192 Å². The lowest BCUT2D eigenvalue weighted by molar-refractivity contribution is -0.237. The Morgan fingerprint density at radius 3 is 2.14 bits per heavy atom. The summed E-state index contributed by atoms with van der Waals surface area (Å²) in [5.41, 5.74) is 0.798.